The summed E-state index contributed by atoms with van der Waals surface area (Å²) >= 11 is 0. The summed E-state index contributed by atoms with van der Waals surface area (Å²) in [6.07, 6.45) is 4.56. The standard InChI is InChI=1S/C13H20N2O/c1-13(2,3)8-12(16)11(14)7-10-5-4-6-15-9-10/h4-6,9,11H,7-8,14H2,1-3H3. The summed E-state index contributed by atoms with van der Waals surface area (Å²) in [4.78, 5) is 15.8. The fourth-order valence-electron chi connectivity index (χ4n) is 1.54. The number of rotatable bonds is 4. The first kappa shape index (κ1) is 12.8. The van der Waals surface area contributed by atoms with Gasteiger partial charge in [0.1, 0.15) is 5.78 Å². The van der Waals surface area contributed by atoms with Crippen molar-refractivity contribution in [3.8, 4) is 0 Å². The molecule has 3 nitrogen and oxygen atoms in total. The Kier molecular flexibility index (Phi) is 4.19. The van der Waals surface area contributed by atoms with Crippen molar-refractivity contribution in [2.24, 2.45) is 11.1 Å². The Bertz CT molecular complexity index is 341. The van der Waals surface area contributed by atoms with Gasteiger partial charge in [0, 0.05) is 18.8 Å². The highest BCUT2D eigenvalue weighted by Crippen LogP contribution is 2.19. The molecule has 0 aliphatic heterocycles. The Labute approximate surface area is 97.1 Å². The van der Waals surface area contributed by atoms with Crippen LogP contribution in [0.15, 0.2) is 24.5 Å². The molecule has 0 radical (unpaired) electrons. The average molecular weight is 220 g/mol. The topological polar surface area (TPSA) is 56.0 Å². The number of carbonyl (C=O) groups excluding carboxylic acids is 1. The van der Waals surface area contributed by atoms with Crippen molar-refractivity contribution in [2.45, 2.75) is 39.7 Å². The predicted molar refractivity (Wildman–Crippen MR) is 65.0 cm³/mol. The van der Waals surface area contributed by atoms with Gasteiger partial charge in [-0.15, -0.1) is 0 Å². The van der Waals surface area contributed by atoms with Crippen molar-refractivity contribution in [1.82, 2.24) is 4.98 Å². The molecule has 1 atom stereocenters. The smallest absolute Gasteiger partial charge is 0.150 e. The summed E-state index contributed by atoms with van der Waals surface area (Å²) in [5.74, 6) is 0.122. The second-order valence-corrected chi connectivity index (χ2v) is 5.38. The van der Waals surface area contributed by atoms with Gasteiger partial charge in [-0.05, 0) is 23.5 Å². The molecular formula is C13H20N2O. The van der Waals surface area contributed by atoms with Crippen molar-refractivity contribution in [3.63, 3.8) is 0 Å². The van der Waals surface area contributed by atoms with E-state index >= 15 is 0 Å². The van der Waals surface area contributed by atoms with Gasteiger partial charge >= 0.3 is 0 Å². The van der Waals surface area contributed by atoms with Crippen LogP contribution >= 0.6 is 0 Å². The lowest BCUT2D eigenvalue weighted by molar-refractivity contribution is -0.121. The highest BCUT2D eigenvalue weighted by molar-refractivity contribution is 5.84. The Morgan fingerprint density at radius 3 is 2.69 bits per heavy atom. The third-order valence-electron chi connectivity index (χ3n) is 2.30. The van der Waals surface area contributed by atoms with Crippen LogP contribution in [0.5, 0.6) is 0 Å². The van der Waals surface area contributed by atoms with Crippen LogP contribution in [-0.2, 0) is 11.2 Å². The summed E-state index contributed by atoms with van der Waals surface area (Å²) in [7, 11) is 0. The second kappa shape index (κ2) is 5.21. The molecule has 0 saturated carbocycles. The zero-order valence-electron chi connectivity index (χ0n) is 10.2. The van der Waals surface area contributed by atoms with Crippen LogP contribution in [0.3, 0.4) is 0 Å². The number of carbonyl (C=O) groups is 1. The summed E-state index contributed by atoms with van der Waals surface area (Å²) in [5.41, 5.74) is 6.89. The van der Waals surface area contributed by atoms with Gasteiger partial charge in [-0.25, -0.2) is 0 Å². The molecule has 0 aliphatic rings. The van der Waals surface area contributed by atoms with E-state index in [0.29, 0.717) is 12.8 Å². The molecule has 0 saturated heterocycles. The van der Waals surface area contributed by atoms with Crippen LogP contribution in [0, 0.1) is 5.41 Å². The van der Waals surface area contributed by atoms with E-state index in [1.54, 1.807) is 12.4 Å². The highest BCUT2D eigenvalue weighted by atomic mass is 16.1. The Hall–Kier alpha value is -1.22. The van der Waals surface area contributed by atoms with Gasteiger partial charge < -0.3 is 5.73 Å². The number of nitrogens with two attached hydrogens (primary N) is 1. The third-order valence-corrected chi connectivity index (χ3v) is 2.30. The first-order valence-electron chi connectivity index (χ1n) is 5.56. The zero-order valence-corrected chi connectivity index (χ0v) is 10.2. The molecule has 1 aromatic heterocycles. The van der Waals surface area contributed by atoms with E-state index in [0.717, 1.165) is 5.56 Å². The first-order chi connectivity index (χ1) is 7.38. The summed E-state index contributed by atoms with van der Waals surface area (Å²) in [5, 5.41) is 0. The lowest BCUT2D eigenvalue weighted by Gasteiger charge is -2.19. The molecule has 0 aliphatic carbocycles. The highest BCUT2D eigenvalue weighted by Gasteiger charge is 2.21. The Morgan fingerprint density at radius 2 is 2.19 bits per heavy atom. The minimum Gasteiger partial charge on any atom is -0.321 e. The van der Waals surface area contributed by atoms with Crippen molar-refractivity contribution in [1.29, 1.82) is 0 Å². The molecule has 0 fully saturated rings. The molecule has 2 N–H and O–H groups in total. The van der Waals surface area contributed by atoms with Crippen LogP contribution in [0.4, 0.5) is 0 Å². The van der Waals surface area contributed by atoms with E-state index in [-0.39, 0.29) is 11.2 Å². The number of nitrogens with zero attached hydrogens (tertiary/aromatic N) is 1. The molecule has 16 heavy (non-hydrogen) atoms. The van der Waals surface area contributed by atoms with Crippen molar-refractivity contribution in [2.75, 3.05) is 0 Å². The molecular weight excluding hydrogens is 200 g/mol. The molecule has 0 spiro atoms. The first-order valence-corrected chi connectivity index (χ1v) is 5.56. The maximum absolute atomic E-state index is 11.8. The van der Waals surface area contributed by atoms with Crippen LogP contribution < -0.4 is 5.73 Å². The largest absolute Gasteiger partial charge is 0.321 e. The Morgan fingerprint density at radius 1 is 1.50 bits per heavy atom. The fourth-order valence-corrected chi connectivity index (χ4v) is 1.54. The van der Waals surface area contributed by atoms with Gasteiger partial charge in [-0.1, -0.05) is 26.8 Å². The Balaban J connectivity index is 2.53. The van der Waals surface area contributed by atoms with Gasteiger partial charge in [-0.2, -0.15) is 0 Å². The van der Waals surface area contributed by atoms with Crippen molar-refractivity contribution < 1.29 is 4.79 Å². The molecule has 1 unspecified atom stereocenters. The molecule has 1 rings (SSSR count). The van der Waals surface area contributed by atoms with E-state index in [4.69, 9.17) is 5.73 Å². The van der Waals surface area contributed by atoms with Crippen LogP contribution in [0.1, 0.15) is 32.8 Å². The number of pyridine rings is 1. The second-order valence-electron chi connectivity index (χ2n) is 5.38. The number of ketones is 1. The van der Waals surface area contributed by atoms with Crippen LogP contribution in [0.25, 0.3) is 0 Å². The summed E-state index contributed by atoms with van der Waals surface area (Å²) in [6.45, 7) is 6.13. The molecule has 88 valence electrons. The number of Topliss-reactive ketones (excluding diaryl/α,β-unsaturated/α-hetero) is 1. The lowest BCUT2D eigenvalue weighted by Crippen LogP contribution is -2.35. The van der Waals surface area contributed by atoms with E-state index in [2.05, 4.69) is 4.98 Å². The lowest BCUT2D eigenvalue weighted by atomic mass is 9.87. The van der Waals surface area contributed by atoms with Gasteiger partial charge in [0.25, 0.3) is 0 Å². The van der Waals surface area contributed by atoms with E-state index in [1.165, 1.54) is 0 Å². The van der Waals surface area contributed by atoms with Crippen molar-refractivity contribution >= 4 is 5.78 Å². The summed E-state index contributed by atoms with van der Waals surface area (Å²) < 4.78 is 0. The number of hydrogen-bond acceptors (Lipinski definition) is 3. The molecule has 0 bridgehead atoms. The van der Waals surface area contributed by atoms with Crippen LogP contribution in [0.2, 0.25) is 0 Å². The van der Waals surface area contributed by atoms with Gasteiger partial charge in [0.15, 0.2) is 0 Å². The quantitative estimate of drug-likeness (QED) is 0.843. The molecule has 1 heterocycles. The molecule has 3 heteroatoms. The molecule has 0 aromatic carbocycles. The molecule has 1 aromatic rings. The number of hydrogen-bond donors (Lipinski definition) is 1. The summed E-state index contributed by atoms with van der Waals surface area (Å²) in [6, 6.07) is 3.39. The van der Waals surface area contributed by atoms with E-state index in [1.807, 2.05) is 32.9 Å². The third kappa shape index (κ3) is 4.53. The molecule has 0 amide bonds. The average Bonchev–Trinajstić information content (AvgIpc) is 2.16. The zero-order chi connectivity index (χ0) is 12.2. The minimum absolute atomic E-state index is 0.00361. The van der Waals surface area contributed by atoms with Crippen LogP contribution in [-0.4, -0.2) is 16.8 Å². The monoisotopic (exact) mass is 220 g/mol. The van der Waals surface area contributed by atoms with E-state index < -0.39 is 6.04 Å². The van der Waals surface area contributed by atoms with Gasteiger partial charge in [0.05, 0.1) is 6.04 Å². The normalized spacial score (nSPS) is 13.5. The predicted octanol–water partition coefficient (Wildman–Crippen LogP) is 1.96. The van der Waals surface area contributed by atoms with E-state index in [9.17, 15) is 4.79 Å². The fraction of sp³-hybridized carbons (Fsp3) is 0.538. The van der Waals surface area contributed by atoms with Gasteiger partial charge in [0.2, 0.25) is 0 Å². The van der Waals surface area contributed by atoms with Crippen molar-refractivity contribution in [3.05, 3.63) is 30.1 Å². The SMILES string of the molecule is CC(C)(C)CC(=O)C(N)Cc1cccnc1. The maximum atomic E-state index is 11.8. The maximum Gasteiger partial charge on any atom is 0.150 e. The van der Waals surface area contributed by atoms with Gasteiger partial charge in [-0.3, -0.25) is 9.78 Å². The minimum atomic E-state index is -0.413. The number of aromatic nitrogens is 1.